The molecule has 4 rings (SSSR count). The van der Waals surface area contributed by atoms with Gasteiger partial charge in [-0.2, -0.15) is 0 Å². The van der Waals surface area contributed by atoms with E-state index in [2.05, 4.69) is 25.5 Å². The van der Waals surface area contributed by atoms with Crippen molar-refractivity contribution in [3.63, 3.8) is 0 Å². The lowest BCUT2D eigenvalue weighted by Gasteiger charge is -2.28. The molecule has 0 radical (unpaired) electrons. The highest BCUT2D eigenvalue weighted by molar-refractivity contribution is 5.44. The Morgan fingerprint density at radius 2 is 1.82 bits per heavy atom. The van der Waals surface area contributed by atoms with Crippen LogP contribution in [-0.2, 0) is 9.47 Å². The van der Waals surface area contributed by atoms with E-state index in [0.717, 1.165) is 57.8 Å². The van der Waals surface area contributed by atoms with E-state index in [0.29, 0.717) is 5.65 Å². The van der Waals surface area contributed by atoms with Gasteiger partial charge in [0, 0.05) is 26.3 Å². The summed E-state index contributed by atoms with van der Waals surface area (Å²) in [5.41, 5.74) is 0.651. The number of hydrogen-bond donors (Lipinski definition) is 0. The van der Waals surface area contributed by atoms with Crippen molar-refractivity contribution in [3.8, 4) is 0 Å². The maximum Gasteiger partial charge on any atom is 0.200 e. The second kappa shape index (κ2) is 6.13. The first-order valence-corrected chi connectivity index (χ1v) is 7.92. The van der Waals surface area contributed by atoms with Gasteiger partial charge in [0.25, 0.3) is 0 Å². The highest BCUT2D eigenvalue weighted by Gasteiger charge is 2.25. The molecule has 2 aromatic rings. The average Bonchev–Trinajstić information content (AvgIpc) is 3.28. The number of hydrogen-bond acceptors (Lipinski definition) is 7. The molecule has 4 heterocycles. The van der Waals surface area contributed by atoms with Crippen LogP contribution in [0.5, 0.6) is 0 Å². The lowest BCUT2D eigenvalue weighted by molar-refractivity contribution is 0.0995. The predicted molar refractivity (Wildman–Crippen MR) is 78.7 cm³/mol. The van der Waals surface area contributed by atoms with Crippen molar-refractivity contribution in [2.75, 3.05) is 31.2 Å². The number of ether oxygens (including phenoxy) is 2. The van der Waals surface area contributed by atoms with E-state index < -0.39 is 0 Å². The molecule has 0 N–H and O–H groups in total. The van der Waals surface area contributed by atoms with Crippen molar-refractivity contribution in [3.05, 3.63) is 12.1 Å². The molecule has 2 aromatic heterocycles. The number of nitrogens with zero attached hydrogens (tertiary/aromatic N) is 6. The Kier molecular flexibility index (Phi) is 3.86. The number of anilines is 1. The number of tetrazole rings is 1. The summed E-state index contributed by atoms with van der Waals surface area (Å²) >= 11 is 0. The van der Waals surface area contributed by atoms with Gasteiger partial charge in [0.1, 0.15) is 0 Å². The predicted octanol–water partition coefficient (Wildman–Crippen LogP) is 0.684. The quantitative estimate of drug-likeness (QED) is 0.804. The highest BCUT2D eigenvalue weighted by Crippen LogP contribution is 2.21. The summed E-state index contributed by atoms with van der Waals surface area (Å²) in [6, 6.07) is 3.86. The summed E-state index contributed by atoms with van der Waals surface area (Å²) < 4.78 is 13.0. The van der Waals surface area contributed by atoms with Gasteiger partial charge in [0.05, 0.1) is 12.2 Å². The van der Waals surface area contributed by atoms with Crippen molar-refractivity contribution >= 4 is 11.5 Å². The fraction of sp³-hybridized carbons (Fsp3) is 0.714. The van der Waals surface area contributed by atoms with Crippen LogP contribution in [0, 0.1) is 0 Å². The van der Waals surface area contributed by atoms with E-state index in [9.17, 15) is 0 Å². The van der Waals surface area contributed by atoms with E-state index in [1.54, 1.807) is 0 Å². The zero-order valence-electron chi connectivity index (χ0n) is 12.5. The van der Waals surface area contributed by atoms with Crippen molar-refractivity contribution in [1.82, 2.24) is 25.3 Å². The highest BCUT2D eigenvalue weighted by atomic mass is 16.5. The minimum absolute atomic E-state index is 0.271. The Balaban J connectivity index is 1.55. The molecule has 0 saturated carbocycles. The molecule has 2 fully saturated rings. The summed E-state index contributed by atoms with van der Waals surface area (Å²) in [5.74, 6) is 0.866. The number of rotatable bonds is 5. The molecule has 0 bridgehead atoms. The third-order valence-corrected chi connectivity index (χ3v) is 4.28. The van der Waals surface area contributed by atoms with Gasteiger partial charge in [-0.15, -0.1) is 14.8 Å². The van der Waals surface area contributed by atoms with Gasteiger partial charge >= 0.3 is 0 Å². The summed E-state index contributed by atoms with van der Waals surface area (Å²) in [6.07, 6.45) is 5.03. The standard InChI is InChI=1S/C14H20N6O2/c1-3-11(21-7-1)9-19(10-12-4-2-8-22-12)14-6-5-13-15-17-18-20(13)16-14/h5-6,11-12H,1-4,7-10H2/t11-,12+. The smallest absolute Gasteiger partial charge is 0.200 e. The molecule has 2 aliphatic heterocycles. The largest absolute Gasteiger partial charge is 0.376 e. The minimum Gasteiger partial charge on any atom is -0.376 e. The van der Waals surface area contributed by atoms with E-state index in [4.69, 9.17) is 9.47 Å². The molecule has 8 heteroatoms. The molecule has 2 aliphatic rings. The van der Waals surface area contributed by atoms with Gasteiger partial charge in [-0.1, -0.05) is 0 Å². The third-order valence-electron chi connectivity index (χ3n) is 4.28. The molecule has 0 spiro atoms. The van der Waals surface area contributed by atoms with Crippen LogP contribution in [0.25, 0.3) is 5.65 Å². The van der Waals surface area contributed by atoms with Crippen LogP contribution in [0.3, 0.4) is 0 Å². The van der Waals surface area contributed by atoms with E-state index in [1.807, 2.05) is 12.1 Å². The second-order valence-corrected chi connectivity index (χ2v) is 5.89. The summed E-state index contributed by atoms with van der Waals surface area (Å²) in [5, 5.41) is 15.9. The molecule has 0 aliphatic carbocycles. The van der Waals surface area contributed by atoms with Crippen LogP contribution in [-0.4, -0.2) is 63.8 Å². The van der Waals surface area contributed by atoms with Crippen LogP contribution < -0.4 is 4.90 Å². The lowest BCUT2D eigenvalue weighted by Crippen LogP contribution is -2.38. The lowest BCUT2D eigenvalue weighted by atomic mass is 10.2. The Morgan fingerprint density at radius 1 is 1.09 bits per heavy atom. The Morgan fingerprint density at radius 3 is 2.45 bits per heavy atom. The van der Waals surface area contributed by atoms with Gasteiger partial charge in [0.2, 0.25) is 0 Å². The molecule has 8 nitrogen and oxygen atoms in total. The van der Waals surface area contributed by atoms with Gasteiger partial charge in [-0.05, 0) is 48.2 Å². The molecular weight excluding hydrogens is 284 g/mol. The maximum absolute atomic E-state index is 5.78. The third kappa shape index (κ3) is 2.89. The molecular formula is C14H20N6O2. The number of aromatic nitrogens is 5. The van der Waals surface area contributed by atoms with Crippen molar-refractivity contribution in [2.45, 2.75) is 37.9 Å². The SMILES string of the molecule is c1cc2nnnn2nc1N(C[C@H]1CCCO1)C[C@@H]1CCCO1. The van der Waals surface area contributed by atoms with Crippen LogP contribution in [0.2, 0.25) is 0 Å². The van der Waals surface area contributed by atoms with Crippen molar-refractivity contribution in [1.29, 1.82) is 0 Å². The van der Waals surface area contributed by atoms with Crippen LogP contribution in [0.4, 0.5) is 5.82 Å². The summed E-state index contributed by atoms with van der Waals surface area (Å²) in [4.78, 5) is 2.24. The van der Waals surface area contributed by atoms with E-state index in [-0.39, 0.29) is 12.2 Å². The normalized spacial score (nSPS) is 25.1. The molecule has 22 heavy (non-hydrogen) atoms. The zero-order valence-corrected chi connectivity index (χ0v) is 12.5. The fourth-order valence-corrected chi connectivity index (χ4v) is 3.14. The van der Waals surface area contributed by atoms with Crippen LogP contribution in [0.1, 0.15) is 25.7 Å². The zero-order chi connectivity index (χ0) is 14.8. The van der Waals surface area contributed by atoms with Crippen LogP contribution >= 0.6 is 0 Å². The molecule has 0 unspecified atom stereocenters. The summed E-state index contributed by atoms with van der Waals surface area (Å²) in [6.45, 7) is 3.39. The maximum atomic E-state index is 5.78. The molecule has 0 amide bonds. The Hall–Kier alpha value is -1.80. The van der Waals surface area contributed by atoms with E-state index in [1.165, 1.54) is 4.63 Å². The van der Waals surface area contributed by atoms with Gasteiger partial charge in [0.15, 0.2) is 11.5 Å². The van der Waals surface area contributed by atoms with Crippen molar-refractivity contribution < 1.29 is 9.47 Å². The topological polar surface area (TPSA) is 77.7 Å². The first-order valence-electron chi connectivity index (χ1n) is 7.92. The molecule has 0 aromatic carbocycles. The second-order valence-electron chi connectivity index (χ2n) is 5.89. The monoisotopic (exact) mass is 304 g/mol. The average molecular weight is 304 g/mol. The fourth-order valence-electron chi connectivity index (χ4n) is 3.14. The molecule has 118 valence electrons. The molecule has 2 atom stereocenters. The minimum atomic E-state index is 0.271. The Bertz CT molecular complexity index is 603. The van der Waals surface area contributed by atoms with Gasteiger partial charge in [-0.3, -0.25) is 0 Å². The van der Waals surface area contributed by atoms with Crippen molar-refractivity contribution in [2.24, 2.45) is 0 Å². The van der Waals surface area contributed by atoms with Crippen LogP contribution in [0.15, 0.2) is 12.1 Å². The van der Waals surface area contributed by atoms with Gasteiger partial charge < -0.3 is 14.4 Å². The first kappa shape index (κ1) is 13.8. The number of fused-ring (bicyclic) bond motifs is 1. The Labute approximate surface area is 128 Å². The molecule has 2 saturated heterocycles. The first-order chi connectivity index (χ1) is 10.9. The van der Waals surface area contributed by atoms with Gasteiger partial charge in [-0.25, -0.2) is 0 Å². The summed E-state index contributed by atoms with van der Waals surface area (Å²) in [7, 11) is 0. The van der Waals surface area contributed by atoms with E-state index >= 15 is 0 Å².